The van der Waals surface area contributed by atoms with Gasteiger partial charge < -0.3 is 14.8 Å². The van der Waals surface area contributed by atoms with Crippen molar-refractivity contribution in [2.24, 2.45) is 0 Å². The second kappa shape index (κ2) is 10.3. The van der Waals surface area contributed by atoms with Gasteiger partial charge in [-0.1, -0.05) is 54.6 Å². The molecule has 3 aromatic rings. The fourth-order valence-corrected chi connectivity index (χ4v) is 2.95. The molecule has 3 nitrogen and oxygen atoms in total. The zero-order valence-electron chi connectivity index (χ0n) is 15.9. The van der Waals surface area contributed by atoms with Crippen molar-refractivity contribution in [2.45, 2.75) is 26.3 Å². The second-order valence-corrected chi connectivity index (χ2v) is 6.36. The molecule has 0 fully saturated rings. The number of anilines is 1. The highest BCUT2D eigenvalue weighted by molar-refractivity contribution is 5.49. The van der Waals surface area contributed by atoms with Crippen LogP contribution in [0.4, 0.5) is 5.69 Å². The van der Waals surface area contributed by atoms with E-state index in [-0.39, 0.29) is 0 Å². The predicted octanol–water partition coefficient (Wildman–Crippen LogP) is 5.71. The highest BCUT2D eigenvalue weighted by Gasteiger charge is 2.03. The molecule has 0 saturated heterocycles. The zero-order valence-corrected chi connectivity index (χ0v) is 15.9. The molecule has 0 heterocycles. The van der Waals surface area contributed by atoms with Crippen LogP contribution in [0.3, 0.4) is 0 Å². The van der Waals surface area contributed by atoms with Gasteiger partial charge in [0.15, 0.2) is 0 Å². The summed E-state index contributed by atoms with van der Waals surface area (Å²) >= 11 is 0. The highest BCUT2D eigenvalue weighted by atomic mass is 16.5. The average molecular weight is 361 g/mol. The van der Waals surface area contributed by atoms with Crippen LogP contribution in [0.2, 0.25) is 0 Å². The van der Waals surface area contributed by atoms with Gasteiger partial charge in [0.05, 0.1) is 13.2 Å². The van der Waals surface area contributed by atoms with Gasteiger partial charge in [0.25, 0.3) is 0 Å². The van der Waals surface area contributed by atoms with Crippen LogP contribution in [0.5, 0.6) is 11.5 Å². The van der Waals surface area contributed by atoms with Crippen LogP contribution in [-0.4, -0.2) is 13.2 Å². The molecule has 0 spiro atoms. The first-order valence-corrected chi connectivity index (χ1v) is 9.56. The first kappa shape index (κ1) is 18.8. The number of rotatable bonds is 10. The van der Waals surface area contributed by atoms with Crippen LogP contribution >= 0.6 is 0 Å². The summed E-state index contributed by atoms with van der Waals surface area (Å²) in [5.41, 5.74) is 3.54. The van der Waals surface area contributed by atoms with E-state index in [9.17, 15) is 0 Å². The smallest absolute Gasteiger partial charge is 0.124 e. The summed E-state index contributed by atoms with van der Waals surface area (Å²) in [5, 5.41) is 3.46. The van der Waals surface area contributed by atoms with Gasteiger partial charge in [-0.25, -0.2) is 0 Å². The van der Waals surface area contributed by atoms with Crippen molar-refractivity contribution in [2.75, 3.05) is 18.5 Å². The zero-order chi connectivity index (χ0) is 18.7. The lowest BCUT2D eigenvalue weighted by molar-refractivity contribution is 0.311. The average Bonchev–Trinajstić information content (AvgIpc) is 2.72. The molecule has 0 radical (unpaired) electrons. The third-order valence-corrected chi connectivity index (χ3v) is 4.31. The topological polar surface area (TPSA) is 30.5 Å². The van der Waals surface area contributed by atoms with Crippen molar-refractivity contribution in [3.05, 3.63) is 90.0 Å². The second-order valence-electron chi connectivity index (χ2n) is 6.36. The number of ether oxygens (including phenoxy) is 2. The molecule has 0 aromatic heterocycles. The van der Waals surface area contributed by atoms with Gasteiger partial charge in [0.2, 0.25) is 0 Å². The van der Waals surface area contributed by atoms with Crippen LogP contribution < -0.4 is 14.8 Å². The van der Waals surface area contributed by atoms with E-state index in [0.29, 0.717) is 19.8 Å². The number of nitrogens with one attached hydrogen (secondary N) is 1. The van der Waals surface area contributed by atoms with E-state index in [1.165, 1.54) is 5.56 Å². The number of benzene rings is 3. The maximum Gasteiger partial charge on any atom is 0.124 e. The van der Waals surface area contributed by atoms with E-state index in [0.717, 1.165) is 35.6 Å². The minimum Gasteiger partial charge on any atom is -0.494 e. The molecule has 1 N–H and O–H groups in total. The van der Waals surface area contributed by atoms with Crippen LogP contribution in [0.15, 0.2) is 78.9 Å². The Balaban J connectivity index is 1.49. The maximum absolute atomic E-state index is 5.92. The quantitative estimate of drug-likeness (QED) is 0.469. The van der Waals surface area contributed by atoms with Crippen molar-refractivity contribution in [1.29, 1.82) is 0 Å². The number of hydrogen-bond acceptors (Lipinski definition) is 3. The third kappa shape index (κ3) is 6.07. The summed E-state index contributed by atoms with van der Waals surface area (Å²) in [6, 6.07) is 26.8. The Bertz CT molecular complexity index is 817. The summed E-state index contributed by atoms with van der Waals surface area (Å²) in [4.78, 5) is 0. The van der Waals surface area contributed by atoms with Crippen LogP contribution in [-0.2, 0) is 13.0 Å². The maximum atomic E-state index is 5.92. The number of hydrogen-bond donors (Lipinski definition) is 1. The molecule has 27 heavy (non-hydrogen) atoms. The summed E-state index contributed by atoms with van der Waals surface area (Å²) in [6.45, 7) is 4.10. The molecule has 0 amide bonds. The molecular formula is C24H27NO2. The third-order valence-electron chi connectivity index (χ3n) is 4.31. The van der Waals surface area contributed by atoms with Gasteiger partial charge in [-0.15, -0.1) is 0 Å². The molecule has 0 bridgehead atoms. The van der Waals surface area contributed by atoms with E-state index in [1.54, 1.807) is 0 Å². The van der Waals surface area contributed by atoms with Gasteiger partial charge in [0, 0.05) is 23.9 Å². The van der Waals surface area contributed by atoms with Crippen LogP contribution in [0.1, 0.15) is 24.5 Å². The predicted molar refractivity (Wildman–Crippen MR) is 112 cm³/mol. The van der Waals surface area contributed by atoms with Crippen molar-refractivity contribution >= 4 is 5.69 Å². The standard InChI is InChI=1S/C24H27NO2/c1-2-26-24-16-7-6-13-21(24)19-25-22-14-8-15-23(18-22)27-17-9-12-20-10-4-3-5-11-20/h3-8,10-11,13-16,18,25H,2,9,12,17,19H2,1H3. The van der Waals surface area contributed by atoms with Gasteiger partial charge >= 0.3 is 0 Å². The van der Waals surface area contributed by atoms with E-state index >= 15 is 0 Å². The monoisotopic (exact) mass is 361 g/mol. The Morgan fingerprint density at radius 2 is 1.63 bits per heavy atom. The Hall–Kier alpha value is -2.94. The number of para-hydroxylation sites is 1. The molecule has 0 atom stereocenters. The first-order chi connectivity index (χ1) is 13.3. The Morgan fingerprint density at radius 3 is 2.48 bits per heavy atom. The molecule has 140 valence electrons. The van der Waals surface area contributed by atoms with E-state index < -0.39 is 0 Å². The van der Waals surface area contributed by atoms with Gasteiger partial charge in [-0.3, -0.25) is 0 Å². The van der Waals surface area contributed by atoms with Gasteiger partial charge in [0.1, 0.15) is 11.5 Å². The lowest BCUT2D eigenvalue weighted by Crippen LogP contribution is -2.04. The summed E-state index contributed by atoms with van der Waals surface area (Å²) in [5.74, 6) is 1.83. The molecular weight excluding hydrogens is 334 g/mol. The Morgan fingerprint density at radius 1 is 0.815 bits per heavy atom. The number of aryl methyl sites for hydroxylation is 1. The highest BCUT2D eigenvalue weighted by Crippen LogP contribution is 2.22. The fraction of sp³-hybridized carbons (Fsp3) is 0.250. The molecule has 0 saturated carbocycles. The molecule has 0 aliphatic carbocycles. The molecule has 0 unspecified atom stereocenters. The molecule has 0 aliphatic rings. The minimum atomic E-state index is 0.670. The first-order valence-electron chi connectivity index (χ1n) is 9.56. The summed E-state index contributed by atoms with van der Waals surface area (Å²) in [7, 11) is 0. The van der Waals surface area contributed by atoms with Crippen LogP contribution in [0, 0.1) is 0 Å². The van der Waals surface area contributed by atoms with Gasteiger partial charge in [-0.05, 0) is 43.5 Å². The van der Waals surface area contributed by atoms with E-state index in [1.807, 2.05) is 49.4 Å². The van der Waals surface area contributed by atoms with Crippen molar-refractivity contribution in [1.82, 2.24) is 0 Å². The minimum absolute atomic E-state index is 0.670. The largest absolute Gasteiger partial charge is 0.494 e. The van der Waals surface area contributed by atoms with Crippen molar-refractivity contribution in [3.63, 3.8) is 0 Å². The van der Waals surface area contributed by atoms with Gasteiger partial charge in [-0.2, -0.15) is 0 Å². The van der Waals surface area contributed by atoms with Crippen molar-refractivity contribution in [3.8, 4) is 11.5 Å². The van der Waals surface area contributed by atoms with Crippen LogP contribution in [0.25, 0.3) is 0 Å². The molecule has 3 aromatic carbocycles. The Labute approximate surface area is 162 Å². The Kier molecular flexibility index (Phi) is 7.16. The fourth-order valence-electron chi connectivity index (χ4n) is 2.95. The van der Waals surface area contributed by atoms with E-state index in [4.69, 9.17) is 9.47 Å². The molecule has 3 heteroatoms. The summed E-state index contributed by atoms with van der Waals surface area (Å²) in [6.07, 6.45) is 2.04. The lowest BCUT2D eigenvalue weighted by atomic mass is 10.1. The summed E-state index contributed by atoms with van der Waals surface area (Å²) < 4.78 is 11.6. The normalized spacial score (nSPS) is 10.4. The molecule has 0 aliphatic heterocycles. The van der Waals surface area contributed by atoms with E-state index in [2.05, 4.69) is 41.7 Å². The van der Waals surface area contributed by atoms with Crippen molar-refractivity contribution < 1.29 is 9.47 Å². The SMILES string of the molecule is CCOc1ccccc1CNc1cccc(OCCCc2ccccc2)c1. The lowest BCUT2D eigenvalue weighted by Gasteiger charge is -2.13. The molecule has 3 rings (SSSR count).